The van der Waals surface area contributed by atoms with E-state index in [1.54, 1.807) is 23.1 Å². The van der Waals surface area contributed by atoms with Gasteiger partial charge in [-0.25, -0.2) is 4.39 Å². The van der Waals surface area contributed by atoms with Crippen molar-refractivity contribution < 1.29 is 23.9 Å². The van der Waals surface area contributed by atoms with Gasteiger partial charge in [0.1, 0.15) is 5.82 Å². The van der Waals surface area contributed by atoms with E-state index in [2.05, 4.69) is 10.1 Å². The average Bonchev–Trinajstić information content (AvgIpc) is 3.17. The minimum absolute atomic E-state index is 0.0912. The number of nitrogens with zero attached hydrogens (tertiary/aromatic N) is 3. The number of hydrogen-bond acceptors (Lipinski definition) is 6. The van der Waals surface area contributed by atoms with Gasteiger partial charge >= 0.3 is 0 Å². The average molecular weight is 391 g/mol. The largest absolute Gasteiger partial charge is 0.396 e. The van der Waals surface area contributed by atoms with Crippen LogP contribution in [0.15, 0.2) is 28.8 Å². The van der Waals surface area contributed by atoms with Crippen LogP contribution in [0, 0.1) is 11.2 Å². The Morgan fingerprint density at radius 2 is 2.21 bits per heavy atom. The number of piperidine rings is 1. The first-order chi connectivity index (χ1) is 13.5. The monoisotopic (exact) mass is 391 g/mol. The van der Waals surface area contributed by atoms with Gasteiger partial charge in [0.25, 0.3) is 0 Å². The van der Waals surface area contributed by atoms with Crippen molar-refractivity contribution in [2.45, 2.75) is 45.1 Å². The molecule has 2 N–H and O–H groups in total. The fourth-order valence-corrected chi connectivity index (χ4v) is 3.82. The van der Waals surface area contributed by atoms with E-state index in [1.807, 2.05) is 6.92 Å². The summed E-state index contributed by atoms with van der Waals surface area (Å²) in [6.07, 6.45) is 1.73. The van der Waals surface area contributed by atoms with Gasteiger partial charge in [0.2, 0.25) is 17.6 Å². The van der Waals surface area contributed by atoms with Crippen LogP contribution >= 0.6 is 0 Å². The number of aliphatic hydroxyl groups is 2. The maximum atomic E-state index is 13.8. The van der Waals surface area contributed by atoms with Crippen molar-refractivity contribution in [1.82, 2.24) is 15.0 Å². The predicted molar refractivity (Wildman–Crippen MR) is 99.6 cm³/mol. The highest BCUT2D eigenvalue weighted by Gasteiger charge is 2.42. The van der Waals surface area contributed by atoms with Gasteiger partial charge < -0.3 is 19.6 Å². The van der Waals surface area contributed by atoms with Crippen molar-refractivity contribution >= 4 is 5.91 Å². The topological polar surface area (TPSA) is 99.7 Å². The Labute approximate surface area is 163 Å². The third-order valence-electron chi connectivity index (χ3n) is 5.44. The second-order valence-electron chi connectivity index (χ2n) is 7.38. The van der Waals surface area contributed by atoms with Crippen LogP contribution < -0.4 is 0 Å². The Kier molecular flexibility index (Phi) is 6.41. The van der Waals surface area contributed by atoms with Gasteiger partial charge in [-0.3, -0.25) is 4.79 Å². The molecule has 3 rings (SSSR count). The van der Waals surface area contributed by atoms with Gasteiger partial charge in [-0.05, 0) is 25.0 Å². The van der Waals surface area contributed by atoms with Crippen LogP contribution in [0.3, 0.4) is 0 Å². The van der Waals surface area contributed by atoms with E-state index in [4.69, 9.17) is 4.52 Å². The number of aryl methyl sites for hydroxylation is 1. The van der Waals surface area contributed by atoms with Crippen molar-refractivity contribution in [2.24, 2.45) is 5.41 Å². The molecule has 1 aromatic carbocycles. The molecule has 2 aromatic rings. The Morgan fingerprint density at radius 1 is 1.43 bits per heavy atom. The van der Waals surface area contributed by atoms with Crippen LogP contribution in [-0.2, 0) is 11.2 Å². The number of carbonyl (C=O) groups excluding carboxylic acids is 1. The Balaban J connectivity index is 1.61. The highest BCUT2D eigenvalue weighted by molar-refractivity contribution is 5.76. The summed E-state index contributed by atoms with van der Waals surface area (Å²) in [7, 11) is 0. The number of halogens is 1. The summed E-state index contributed by atoms with van der Waals surface area (Å²) in [6, 6.07) is 6.16. The van der Waals surface area contributed by atoms with Crippen LogP contribution in [0.25, 0.3) is 11.4 Å². The number of aromatic nitrogens is 2. The van der Waals surface area contributed by atoms with Crippen molar-refractivity contribution in [3.63, 3.8) is 0 Å². The number of rotatable bonds is 7. The van der Waals surface area contributed by atoms with Gasteiger partial charge in [-0.1, -0.05) is 30.6 Å². The third kappa shape index (κ3) is 4.23. The molecule has 1 saturated heterocycles. The maximum absolute atomic E-state index is 13.8. The molecule has 2 atom stereocenters. The van der Waals surface area contributed by atoms with Gasteiger partial charge in [0.05, 0.1) is 18.3 Å². The molecule has 1 aromatic heterocycles. The molecule has 0 unspecified atom stereocenters. The zero-order valence-corrected chi connectivity index (χ0v) is 16.0. The number of likely N-dealkylation sites (tertiary alicyclic amines) is 1. The van der Waals surface area contributed by atoms with Crippen LogP contribution in [0.2, 0.25) is 0 Å². The summed E-state index contributed by atoms with van der Waals surface area (Å²) < 4.78 is 19.0. The second kappa shape index (κ2) is 8.79. The molecule has 0 spiro atoms. The molecular formula is C20H26FN3O4. The molecule has 0 radical (unpaired) electrons. The van der Waals surface area contributed by atoms with Crippen LogP contribution in [0.4, 0.5) is 4.39 Å². The molecule has 28 heavy (non-hydrogen) atoms. The molecule has 8 heteroatoms. The van der Waals surface area contributed by atoms with E-state index in [1.165, 1.54) is 6.07 Å². The van der Waals surface area contributed by atoms with E-state index in [9.17, 15) is 19.4 Å². The first kappa shape index (κ1) is 20.4. The molecule has 7 nitrogen and oxygen atoms in total. The first-order valence-corrected chi connectivity index (χ1v) is 9.63. The summed E-state index contributed by atoms with van der Waals surface area (Å²) in [6.45, 7) is 2.63. The minimum atomic E-state index is -0.662. The van der Waals surface area contributed by atoms with Gasteiger partial charge in [0, 0.05) is 31.3 Å². The first-order valence-electron chi connectivity index (χ1n) is 9.63. The van der Waals surface area contributed by atoms with E-state index < -0.39 is 17.3 Å². The number of aliphatic hydroxyl groups excluding tert-OH is 2. The molecular weight excluding hydrogens is 365 g/mol. The second-order valence-corrected chi connectivity index (χ2v) is 7.38. The standard InChI is InChI=1S/C20H26FN3O4/c1-2-10-20(13-25)12-24(11-9-16(20)26)18(27)8-7-17-22-19(23-28-17)14-5-3-4-6-15(14)21/h3-6,16,25-26H,2,7-13H2,1H3/t16-,20+/m1/s1. The Morgan fingerprint density at radius 3 is 2.93 bits per heavy atom. The molecule has 1 aliphatic heterocycles. The molecule has 1 aliphatic rings. The lowest BCUT2D eigenvalue weighted by atomic mass is 9.74. The van der Waals surface area contributed by atoms with Crippen LogP contribution in [0.1, 0.15) is 38.5 Å². The van der Waals surface area contributed by atoms with E-state index >= 15 is 0 Å². The Bertz CT molecular complexity index is 812. The van der Waals surface area contributed by atoms with Gasteiger partial charge in [0.15, 0.2) is 0 Å². The fourth-order valence-electron chi connectivity index (χ4n) is 3.82. The highest BCUT2D eigenvalue weighted by atomic mass is 19.1. The van der Waals surface area contributed by atoms with E-state index in [0.717, 1.165) is 6.42 Å². The van der Waals surface area contributed by atoms with Gasteiger partial charge in [-0.2, -0.15) is 4.98 Å². The third-order valence-corrected chi connectivity index (χ3v) is 5.44. The number of benzene rings is 1. The minimum Gasteiger partial charge on any atom is -0.396 e. The van der Waals surface area contributed by atoms with Crippen molar-refractivity contribution in [2.75, 3.05) is 19.7 Å². The zero-order chi connectivity index (χ0) is 20.1. The summed E-state index contributed by atoms with van der Waals surface area (Å²) in [5.74, 6) is -0.102. The number of carbonyl (C=O) groups is 1. The molecule has 1 amide bonds. The number of hydrogen-bond donors (Lipinski definition) is 2. The maximum Gasteiger partial charge on any atom is 0.227 e. The predicted octanol–water partition coefficient (Wildman–Crippen LogP) is 2.18. The van der Waals surface area contributed by atoms with Crippen molar-refractivity contribution in [1.29, 1.82) is 0 Å². The SMILES string of the molecule is CCC[C@@]1(CO)CN(C(=O)CCc2nc(-c3ccccc3F)no2)CC[C@H]1O. The lowest BCUT2D eigenvalue weighted by Crippen LogP contribution is -2.55. The summed E-state index contributed by atoms with van der Waals surface area (Å²) in [4.78, 5) is 18.5. The molecule has 0 bridgehead atoms. The van der Waals surface area contributed by atoms with E-state index in [0.29, 0.717) is 25.9 Å². The van der Waals surface area contributed by atoms with Gasteiger partial charge in [-0.15, -0.1) is 0 Å². The normalized spacial score (nSPS) is 22.4. The molecule has 1 fully saturated rings. The molecule has 2 heterocycles. The molecule has 152 valence electrons. The lowest BCUT2D eigenvalue weighted by molar-refractivity contribution is -0.142. The van der Waals surface area contributed by atoms with Crippen molar-refractivity contribution in [3.8, 4) is 11.4 Å². The smallest absolute Gasteiger partial charge is 0.227 e. The quantitative estimate of drug-likeness (QED) is 0.751. The van der Waals surface area contributed by atoms with Crippen LogP contribution in [-0.4, -0.2) is 57.0 Å². The van der Waals surface area contributed by atoms with Crippen molar-refractivity contribution in [3.05, 3.63) is 36.0 Å². The van der Waals surface area contributed by atoms with Crippen LogP contribution in [0.5, 0.6) is 0 Å². The van der Waals surface area contributed by atoms with E-state index in [-0.39, 0.29) is 42.6 Å². The lowest BCUT2D eigenvalue weighted by Gasteiger charge is -2.45. The fraction of sp³-hybridized carbons (Fsp3) is 0.550. The summed E-state index contributed by atoms with van der Waals surface area (Å²) in [5.41, 5.74) is -0.410. The summed E-state index contributed by atoms with van der Waals surface area (Å²) >= 11 is 0. The Hall–Kier alpha value is -2.32. The highest BCUT2D eigenvalue weighted by Crippen LogP contribution is 2.35. The summed E-state index contributed by atoms with van der Waals surface area (Å²) in [5, 5.41) is 23.9. The number of amides is 1. The molecule has 0 saturated carbocycles. The molecule has 0 aliphatic carbocycles. The zero-order valence-electron chi connectivity index (χ0n) is 16.0.